The highest BCUT2D eigenvalue weighted by Crippen LogP contribution is 2.51. The highest BCUT2D eigenvalue weighted by molar-refractivity contribution is 5.98. The number of hydrogen-bond acceptors (Lipinski definition) is 5. The number of aryl methyl sites for hydroxylation is 2. The maximum absolute atomic E-state index is 13.8. The number of nitrogens with zero attached hydrogens (tertiary/aromatic N) is 1. The summed E-state index contributed by atoms with van der Waals surface area (Å²) in [6.45, 7) is 1.63. The van der Waals surface area contributed by atoms with Gasteiger partial charge in [0.25, 0.3) is 5.60 Å². The molecule has 3 aromatic rings. The largest absolute Gasteiger partial charge is 0.489 e. The van der Waals surface area contributed by atoms with Gasteiger partial charge in [0.15, 0.2) is 0 Å². The molecule has 2 unspecified atom stereocenters. The quantitative estimate of drug-likeness (QED) is 0.225. The minimum atomic E-state index is -6.05. The molecule has 2 atom stereocenters. The third-order valence-electron chi connectivity index (χ3n) is 7.74. The van der Waals surface area contributed by atoms with Gasteiger partial charge in [0.05, 0.1) is 19.6 Å². The molecule has 1 heterocycles. The first-order chi connectivity index (χ1) is 20.7. The van der Waals surface area contributed by atoms with Gasteiger partial charge in [-0.2, -0.15) is 26.3 Å². The van der Waals surface area contributed by atoms with Crippen LogP contribution >= 0.6 is 0 Å². The lowest BCUT2D eigenvalue weighted by Crippen LogP contribution is -2.54. The Balaban J connectivity index is 1.68. The van der Waals surface area contributed by atoms with Gasteiger partial charge >= 0.3 is 18.3 Å². The molecular weight excluding hydrogens is 592 g/mol. The number of carbonyl (C=O) groups excluding carboxylic acids is 2. The summed E-state index contributed by atoms with van der Waals surface area (Å²) in [6, 6.07) is 17.9. The summed E-state index contributed by atoms with van der Waals surface area (Å²) in [7, 11) is 1.30. The van der Waals surface area contributed by atoms with Crippen LogP contribution in [0.25, 0.3) is 0 Å². The lowest BCUT2D eigenvalue weighted by molar-refractivity contribution is -0.376. The minimum Gasteiger partial charge on any atom is -0.489 e. The van der Waals surface area contributed by atoms with Crippen molar-refractivity contribution in [3.63, 3.8) is 0 Å². The molecule has 0 radical (unpaired) electrons. The van der Waals surface area contributed by atoms with Crippen molar-refractivity contribution in [2.24, 2.45) is 0 Å². The van der Waals surface area contributed by atoms with Crippen LogP contribution < -0.4 is 9.64 Å². The van der Waals surface area contributed by atoms with Crippen molar-refractivity contribution >= 4 is 17.6 Å². The number of rotatable bonds is 8. The van der Waals surface area contributed by atoms with E-state index >= 15 is 0 Å². The Kier molecular flexibility index (Phi) is 9.62. The van der Waals surface area contributed by atoms with E-state index in [1.807, 2.05) is 0 Å². The van der Waals surface area contributed by atoms with Gasteiger partial charge in [-0.1, -0.05) is 54.6 Å². The van der Waals surface area contributed by atoms with Crippen molar-refractivity contribution < 1.29 is 50.5 Å². The maximum atomic E-state index is 13.8. The number of fused-ring (bicyclic) bond motifs is 1. The molecule has 4 rings (SSSR count). The van der Waals surface area contributed by atoms with Gasteiger partial charge < -0.3 is 19.5 Å². The van der Waals surface area contributed by atoms with E-state index in [4.69, 9.17) is 4.74 Å². The van der Waals surface area contributed by atoms with Crippen LogP contribution in [0, 0.1) is 0 Å². The summed E-state index contributed by atoms with van der Waals surface area (Å²) in [5, 5.41) is 10.0. The second kappa shape index (κ2) is 12.9. The smallest absolute Gasteiger partial charge is 0.430 e. The van der Waals surface area contributed by atoms with Gasteiger partial charge in [0, 0.05) is 17.7 Å². The summed E-state index contributed by atoms with van der Waals surface area (Å²) in [4.78, 5) is 26.6. The lowest BCUT2D eigenvalue weighted by Gasteiger charge is -2.34. The highest BCUT2D eigenvalue weighted by atomic mass is 19.4. The molecule has 1 aliphatic heterocycles. The molecule has 12 heteroatoms. The molecule has 0 saturated heterocycles. The summed E-state index contributed by atoms with van der Waals surface area (Å²) in [5.74, 6) is -1.06. The number of anilines is 1. The van der Waals surface area contributed by atoms with Crippen LogP contribution in [0.15, 0.2) is 72.8 Å². The van der Waals surface area contributed by atoms with Gasteiger partial charge in [-0.3, -0.25) is 9.59 Å². The van der Waals surface area contributed by atoms with Crippen LogP contribution in [0.5, 0.6) is 5.75 Å². The number of esters is 1. The van der Waals surface area contributed by atoms with Gasteiger partial charge in [0.2, 0.25) is 5.91 Å². The Hall–Kier alpha value is -4.06. The molecule has 0 aromatic heterocycles. The summed E-state index contributed by atoms with van der Waals surface area (Å²) < 4.78 is 92.7. The topological polar surface area (TPSA) is 76.1 Å². The normalized spacial score (nSPS) is 16.5. The van der Waals surface area contributed by atoms with E-state index in [1.165, 1.54) is 12.0 Å². The zero-order valence-corrected chi connectivity index (χ0v) is 23.9. The van der Waals surface area contributed by atoms with Gasteiger partial charge in [-0.25, -0.2) is 0 Å². The first kappa shape index (κ1) is 32.8. The van der Waals surface area contributed by atoms with Crippen molar-refractivity contribution in [2.75, 3.05) is 18.6 Å². The average molecular weight is 624 g/mol. The third-order valence-corrected chi connectivity index (χ3v) is 7.74. The summed E-state index contributed by atoms with van der Waals surface area (Å²) in [6.07, 6.45) is -12.0. The minimum absolute atomic E-state index is 0.0274. The Morgan fingerprint density at radius 3 is 2.18 bits per heavy atom. The molecular formula is C32H31F6NO5. The number of alkyl halides is 6. The fourth-order valence-corrected chi connectivity index (χ4v) is 5.17. The molecule has 236 valence electrons. The van der Waals surface area contributed by atoms with Crippen molar-refractivity contribution in [3.8, 4) is 5.75 Å². The number of carbonyl (C=O) groups is 2. The molecule has 1 N–H and O–H groups in total. The Bertz CT molecular complexity index is 1440. The zero-order valence-electron chi connectivity index (χ0n) is 23.9. The molecule has 0 bridgehead atoms. The predicted octanol–water partition coefficient (Wildman–Crippen LogP) is 6.63. The third kappa shape index (κ3) is 6.85. The molecule has 6 nitrogen and oxygen atoms in total. The van der Waals surface area contributed by atoms with Crippen molar-refractivity contribution in [3.05, 3.63) is 95.1 Å². The first-order valence-corrected chi connectivity index (χ1v) is 13.8. The summed E-state index contributed by atoms with van der Waals surface area (Å²) in [5.41, 5.74) is -4.80. The molecule has 1 aliphatic rings. The fourth-order valence-electron chi connectivity index (χ4n) is 5.17. The van der Waals surface area contributed by atoms with Gasteiger partial charge in [0.1, 0.15) is 11.9 Å². The Morgan fingerprint density at radius 2 is 1.59 bits per heavy atom. The molecule has 3 aromatic carbocycles. The average Bonchev–Trinajstić information content (AvgIpc) is 3.17. The molecule has 0 fully saturated rings. The van der Waals surface area contributed by atoms with Crippen LogP contribution in [0.3, 0.4) is 0 Å². The van der Waals surface area contributed by atoms with Crippen LogP contribution in [0.2, 0.25) is 0 Å². The molecule has 0 saturated carbocycles. The number of aliphatic hydroxyl groups is 1. The van der Waals surface area contributed by atoms with Crippen LogP contribution in [0.1, 0.15) is 47.9 Å². The molecule has 1 amide bonds. The number of methoxy groups -OCH3 is 1. The van der Waals surface area contributed by atoms with Gasteiger partial charge in [-0.05, 0) is 61.1 Å². The standard InChI is InChI=1S/C32H31F6NO5/c1-20(22-6-4-3-5-7-22)29(41)39-19-26(44-25-13-8-21(9-14-25)10-17-28(40)43-2)15-11-23-18-24(12-16-27(23)39)30(42,31(33,34)35)32(36,37)38/h3-9,12-14,16,18,20,26,42H,10-11,15,17,19H2,1-2H3. The van der Waals surface area contributed by atoms with Gasteiger partial charge in [-0.15, -0.1) is 0 Å². The number of amides is 1. The molecule has 44 heavy (non-hydrogen) atoms. The van der Waals surface area contributed by atoms with E-state index in [0.717, 1.165) is 11.6 Å². The second-order valence-electron chi connectivity index (χ2n) is 10.6. The monoisotopic (exact) mass is 623 g/mol. The van der Waals surface area contributed by atoms with Crippen molar-refractivity contribution in [2.45, 2.75) is 62.6 Å². The predicted molar refractivity (Wildman–Crippen MR) is 149 cm³/mol. The van der Waals surface area contributed by atoms with Crippen molar-refractivity contribution in [1.82, 2.24) is 0 Å². The summed E-state index contributed by atoms with van der Waals surface area (Å²) >= 11 is 0. The van der Waals surface area contributed by atoms with E-state index in [-0.39, 0.29) is 43.0 Å². The second-order valence-corrected chi connectivity index (χ2v) is 10.6. The van der Waals surface area contributed by atoms with E-state index in [2.05, 4.69) is 4.74 Å². The number of halogens is 6. The van der Waals surface area contributed by atoms with Crippen molar-refractivity contribution in [1.29, 1.82) is 0 Å². The Morgan fingerprint density at radius 1 is 0.955 bits per heavy atom. The number of hydrogen-bond donors (Lipinski definition) is 1. The zero-order chi connectivity index (χ0) is 32.3. The fraction of sp³-hybridized carbons (Fsp3) is 0.375. The van der Waals surface area contributed by atoms with E-state index < -0.39 is 41.4 Å². The first-order valence-electron chi connectivity index (χ1n) is 13.8. The van der Waals surface area contributed by atoms with Crippen LogP contribution in [-0.4, -0.2) is 49.1 Å². The highest BCUT2D eigenvalue weighted by Gasteiger charge is 2.71. The lowest BCUT2D eigenvalue weighted by atomic mass is 9.89. The van der Waals surface area contributed by atoms with E-state index in [0.29, 0.717) is 29.9 Å². The van der Waals surface area contributed by atoms with Crippen LogP contribution in [0.4, 0.5) is 32.0 Å². The maximum Gasteiger partial charge on any atom is 0.430 e. The van der Waals surface area contributed by atoms with E-state index in [9.17, 15) is 41.0 Å². The molecule has 0 aliphatic carbocycles. The number of benzene rings is 3. The number of ether oxygens (including phenoxy) is 2. The SMILES string of the molecule is COC(=O)CCc1ccc(OC2CCc3cc(C(O)(C(F)(F)F)C(F)(F)F)ccc3N(C(=O)C(C)c3ccccc3)C2)cc1. The Labute approximate surface area is 250 Å². The molecule has 0 spiro atoms. The van der Waals surface area contributed by atoms with E-state index in [1.54, 1.807) is 61.5 Å². The van der Waals surface area contributed by atoms with Crippen LogP contribution in [-0.2, 0) is 32.8 Å².